The molecule has 0 aromatic heterocycles. The highest BCUT2D eigenvalue weighted by molar-refractivity contribution is 5.97. The average Bonchev–Trinajstić information content (AvgIpc) is 2.60. The fourth-order valence-electron chi connectivity index (χ4n) is 2.81. The maximum atomic E-state index is 12.7. The van der Waals surface area contributed by atoms with E-state index in [0.29, 0.717) is 18.5 Å². The third-order valence-corrected chi connectivity index (χ3v) is 4.60. The molecule has 126 valence electrons. The van der Waals surface area contributed by atoms with Crippen molar-refractivity contribution in [2.45, 2.75) is 45.2 Å². The first-order valence-corrected chi connectivity index (χ1v) is 8.32. The van der Waals surface area contributed by atoms with E-state index >= 15 is 0 Å². The van der Waals surface area contributed by atoms with Gasteiger partial charge in [0.25, 0.3) is 5.91 Å². The second kappa shape index (κ2) is 8.11. The Morgan fingerprint density at radius 2 is 1.96 bits per heavy atom. The molecular weight excluding hydrogens is 292 g/mol. The molecule has 0 radical (unpaired) electrons. The Labute approximate surface area is 137 Å². The number of nitrogens with one attached hydrogen (secondary N) is 1. The number of carbonyl (C=O) groups excluding carboxylic acids is 2. The van der Waals surface area contributed by atoms with Crippen molar-refractivity contribution in [3.8, 4) is 0 Å². The topological polar surface area (TPSA) is 69.6 Å². The number of piperidine rings is 1. The number of benzene rings is 1. The van der Waals surface area contributed by atoms with Gasteiger partial charge in [-0.2, -0.15) is 0 Å². The Morgan fingerprint density at radius 1 is 1.26 bits per heavy atom. The van der Waals surface area contributed by atoms with Crippen LogP contribution in [0.1, 0.15) is 43.5 Å². The minimum Gasteiger partial charge on any atom is -0.396 e. The predicted octanol–water partition coefficient (Wildman–Crippen LogP) is 1.81. The van der Waals surface area contributed by atoms with Gasteiger partial charge < -0.3 is 15.3 Å². The molecule has 0 bridgehead atoms. The van der Waals surface area contributed by atoms with Gasteiger partial charge in [0.1, 0.15) is 6.04 Å². The number of rotatable bonds is 5. The van der Waals surface area contributed by atoms with E-state index in [1.807, 2.05) is 32.0 Å². The molecule has 2 N–H and O–H groups in total. The van der Waals surface area contributed by atoms with Crippen LogP contribution in [0.3, 0.4) is 0 Å². The van der Waals surface area contributed by atoms with Crippen molar-refractivity contribution in [1.29, 1.82) is 0 Å². The SMILES string of the molecule is CC(CO)C(C)NC(=O)C1CCCCN1C(=O)c1ccccc1. The summed E-state index contributed by atoms with van der Waals surface area (Å²) in [6.45, 7) is 4.40. The predicted molar refractivity (Wildman–Crippen MR) is 89.0 cm³/mol. The van der Waals surface area contributed by atoms with Gasteiger partial charge in [-0.05, 0) is 44.2 Å². The van der Waals surface area contributed by atoms with Crippen LogP contribution in [0.2, 0.25) is 0 Å². The van der Waals surface area contributed by atoms with Crippen molar-refractivity contribution >= 4 is 11.8 Å². The Morgan fingerprint density at radius 3 is 2.61 bits per heavy atom. The molecular formula is C18H26N2O3. The van der Waals surface area contributed by atoms with Crippen LogP contribution < -0.4 is 5.32 Å². The molecule has 1 aromatic rings. The number of amides is 2. The molecule has 3 atom stereocenters. The van der Waals surface area contributed by atoms with Gasteiger partial charge in [-0.25, -0.2) is 0 Å². The monoisotopic (exact) mass is 318 g/mol. The van der Waals surface area contributed by atoms with Gasteiger partial charge in [-0.1, -0.05) is 25.1 Å². The first kappa shape index (κ1) is 17.5. The molecule has 1 aromatic carbocycles. The highest BCUT2D eigenvalue weighted by Gasteiger charge is 2.33. The highest BCUT2D eigenvalue weighted by atomic mass is 16.3. The molecule has 1 fully saturated rings. The lowest BCUT2D eigenvalue weighted by Gasteiger charge is -2.36. The van der Waals surface area contributed by atoms with Crippen LogP contribution in [0.15, 0.2) is 30.3 Å². The average molecular weight is 318 g/mol. The fraction of sp³-hybridized carbons (Fsp3) is 0.556. The van der Waals surface area contributed by atoms with Gasteiger partial charge in [0.05, 0.1) is 0 Å². The van der Waals surface area contributed by atoms with E-state index in [9.17, 15) is 14.7 Å². The molecule has 3 unspecified atom stereocenters. The summed E-state index contributed by atoms with van der Waals surface area (Å²) < 4.78 is 0. The van der Waals surface area contributed by atoms with Crippen molar-refractivity contribution in [3.05, 3.63) is 35.9 Å². The largest absolute Gasteiger partial charge is 0.396 e. The Hall–Kier alpha value is -1.88. The first-order chi connectivity index (χ1) is 11.0. The molecule has 5 heteroatoms. The van der Waals surface area contributed by atoms with Crippen LogP contribution in [-0.2, 0) is 4.79 Å². The summed E-state index contributed by atoms with van der Waals surface area (Å²) in [7, 11) is 0. The second-order valence-corrected chi connectivity index (χ2v) is 6.33. The van der Waals surface area contributed by atoms with Gasteiger partial charge in [0.15, 0.2) is 0 Å². The van der Waals surface area contributed by atoms with Crippen LogP contribution >= 0.6 is 0 Å². The standard InChI is InChI=1S/C18H26N2O3/c1-13(12-21)14(2)19-17(22)16-10-6-7-11-20(16)18(23)15-8-4-3-5-9-15/h3-5,8-9,13-14,16,21H,6-7,10-12H2,1-2H3,(H,19,22). The van der Waals surface area contributed by atoms with Gasteiger partial charge in [-0.3, -0.25) is 9.59 Å². The zero-order valence-electron chi connectivity index (χ0n) is 13.9. The van der Waals surface area contributed by atoms with Crippen molar-refractivity contribution in [1.82, 2.24) is 10.2 Å². The third kappa shape index (κ3) is 4.32. The smallest absolute Gasteiger partial charge is 0.254 e. The van der Waals surface area contributed by atoms with Crippen molar-refractivity contribution in [3.63, 3.8) is 0 Å². The lowest BCUT2D eigenvalue weighted by molar-refractivity contribution is -0.127. The molecule has 0 aliphatic carbocycles. The first-order valence-electron chi connectivity index (χ1n) is 8.32. The Bertz CT molecular complexity index is 532. The minimum atomic E-state index is -0.426. The molecule has 23 heavy (non-hydrogen) atoms. The maximum absolute atomic E-state index is 12.7. The van der Waals surface area contributed by atoms with Crippen molar-refractivity contribution in [2.75, 3.05) is 13.2 Å². The normalized spacial score (nSPS) is 20.7. The summed E-state index contributed by atoms with van der Waals surface area (Å²) in [4.78, 5) is 27.0. The van der Waals surface area contributed by atoms with Crippen LogP contribution in [0.5, 0.6) is 0 Å². The Kier molecular flexibility index (Phi) is 6.16. The molecule has 2 amide bonds. The number of aliphatic hydroxyl groups excluding tert-OH is 1. The number of aliphatic hydroxyl groups is 1. The number of likely N-dealkylation sites (tertiary alicyclic amines) is 1. The summed E-state index contributed by atoms with van der Waals surface area (Å²) in [6, 6.07) is 8.54. The Balaban J connectivity index is 2.09. The highest BCUT2D eigenvalue weighted by Crippen LogP contribution is 2.20. The van der Waals surface area contributed by atoms with Crippen molar-refractivity contribution < 1.29 is 14.7 Å². The van der Waals surface area contributed by atoms with E-state index in [4.69, 9.17) is 0 Å². The lowest BCUT2D eigenvalue weighted by Crippen LogP contribution is -2.54. The zero-order chi connectivity index (χ0) is 16.8. The number of hydrogen-bond acceptors (Lipinski definition) is 3. The summed E-state index contributed by atoms with van der Waals surface area (Å²) in [5.41, 5.74) is 0.615. The van der Waals surface area contributed by atoms with Gasteiger partial charge in [0, 0.05) is 24.8 Å². The summed E-state index contributed by atoms with van der Waals surface area (Å²) in [5, 5.41) is 12.1. The molecule has 2 rings (SSSR count). The maximum Gasteiger partial charge on any atom is 0.254 e. The zero-order valence-corrected chi connectivity index (χ0v) is 13.9. The van der Waals surface area contributed by atoms with E-state index in [-0.39, 0.29) is 30.4 Å². The number of hydrogen-bond donors (Lipinski definition) is 2. The van der Waals surface area contributed by atoms with E-state index < -0.39 is 6.04 Å². The fourth-order valence-corrected chi connectivity index (χ4v) is 2.81. The molecule has 1 aliphatic heterocycles. The molecule has 1 aliphatic rings. The van der Waals surface area contributed by atoms with Crippen LogP contribution in [-0.4, -0.2) is 47.1 Å². The third-order valence-electron chi connectivity index (χ3n) is 4.60. The lowest BCUT2D eigenvalue weighted by atomic mass is 9.98. The van der Waals surface area contributed by atoms with Crippen LogP contribution in [0.4, 0.5) is 0 Å². The summed E-state index contributed by atoms with van der Waals surface area (Å²) in [5.74, 6) is -0.226. The number of carbonyl (C=O) groups is 2. The van der Waals surface area contributed by atoms with Gasteiger partial charge >= 0.3 is 0 Å². The van der Waals surface area contributed by atoms with E-state index in [0.717, 1.165) is 12.8 Å². The summed E-state index contributed by atoms with van der Waals surface area (Å²) >= 11 is 0. The van der Waals surface area contributed by atoms with Crippen LogP contribution in [0, 0.1) is 5.92 Å². The molecule has 0 saturated carbocycles. The number of nitrogens with zero attached hydrogens (tertiary/aromatic N) is 1. The molecule has 0 spiro atoms. The van der Waals surface area contributed by atoms with Gasteiger partial charge in [-0.15, -0.1) is 0 Å². The van der Waals surface area contributed by atoms with Crippen LogP contribution in [0.25, 0.3) is 0 Å². The minimum absolute atomic E-state index is 0.0131. The summed E-state index contributed by atoms with van der Waals surface area (Å²) in [6.07, 6.45) is 2.55. The van der Waals surface area contributed by atoms with Crippen molar-refractivity contribution in [2.24, 2.45) is 5.92 Å². The van der Waals surface area contributed by atoms with E-state index in [1.165, 1.54) is 0 Å². The quantitative estimate of drug-likeness (QED) is 0.870. The molecule has 1 saturated heterocycles. The second-order valence-electron chi connectivity index (χ2n) is 6.33. The molecule has 5 nitrogen and oxygen atoms in total. The van der Waals surface area contributed by atoms with E-state index in [2.05, 4.69) is 5.32 Å². The van der Waals surface area contributed by atoms with Gasteiger partial charge in [0.2, 0.25) is 5.91 Å². The van der Waals surface area contributed by atoms with E-state index in [1.54, 1.807) is 17.0 Å². The molecule has 1 heterocycles.